The zero-order chi connectivity index (χ0) is 34.1. The van der Waals surface area contributed by atoms with Gasteiger partial charge in [-0.15, -0.1) is 0 Å². The van der Waals surface area contributed by atoms with E-state index in [0.29, 0.717) is 11.5 Å². The topological polar surface area (TPSA) is 105 Å². The molecule has 1 N–H and O–H groups in total. The molecule has 0 heterocycles. The van der Waals surface area contributed by atoms with Gasteiger partial charge < -0.3 is 19.7 Å². The first-order chi connectivity index (χ1) is 23.2. The number of benzene rings is 4. The van der Waals surface area contributed by atoms with Crippen molar-refractivity contribution in [3.8, 4) is 11.5 Å². The molecular weight excluding hydrogens is 627 g/mol. The van der Waals surface area contributed by atoms with Gasteiger partial charge in [0.2, 0.25) is 11.8 Å². The van der Waals surface area contributed by atoms with Crippen molar-refractivity contribution >= 4 is 27.5 Å². The molecule has 0 saturated heterocycles. The lowest BCUT2D eigenvalue weighted by atomic mass is 10.0. The summed E-state index contributed by atoms with van der Waals surface area (Å²) in [5.41, 5.74) is 2.72. The molecule has 48 heavy (non-hydrogen) atoms. The first kappa shape index (κ1) is 34.5. The van der Waals surface area contributed by atoms with Crippen LogP contribution in [0.1, 0.15) is 42.4 Å². The van der Waals surface area contributed by atoms with E-state index in [9.17, 15) is 18.0 Å². The summed E-state index contributed by atoms with van der Waals surface area (Å²) in [6.45, 7) is 1.36. The highest BCUT2D eigenvalue weighted by Gasteiger charge is 2.36. The van der Waals surface area contributed by atoms with E-state index in [0.717, 1.165) is 46.7 Å². The molecule has 1 aliphatic carbocycles. The van der Waals surface area contributed by atoms with Crippen molar-refractivity contribution in [1.29, 1.82) is 0 Å². The maximum absolute atomic E-state index is 14.8. The van der Waals surface area contributed by atoms with Crippen molar-refractivity contribution in [2.24, 2.45) is 0 Å². The van der Waals surface area contributed by atoms with E-state index in [2.05, 4.69) is 5.32 Å². The summed E-state index contributed by atoms with van der Waals surface area (Å²) in [5.74, 6) is 0.0850. The van der Waals surface area contributed by atoms with E-state index in [4.69, 9.17) is 9.47 Å². The van der Waals surface area contributed by atoms with Gasteiger partial charge in [0, 0.05) is 19.0 Å². The Balaban J connectivity index is 1.59. The molecule has 4 aromatic carbocycles. The number of hydrogen-bond donors (Lipinski definition) is 1. The van der Waals surface area contributed by atoms with Crippen LogP contribution in [0.25, 0.3) is 0 Å². The zero-order valence-corrected chi connectivity index (χ0v) is 28.5. The van der Waals surface area contributed by atoms with Crippen LogP contribution in [-0.2, 0) is 32.6 Å². The van der Waals surface area contributed by atoms with Crippen LogP contribution in [0.4, 0.5) is 5.69 Å². The van der Waals surface area contributed by atoms with Gasteiger partial charge in [-0.2, -0.15) is 0 Å². The summed E-state index contributed by atoms with van der Waals surface area (Å²) in [5, 5.41) is 3.20. The quantitative estimate of drug-likeness (QED) is 0.179. The number of rotatable bonds is 14. The number of para-hydroxylation sites is 2. The molecule has 4 aromatic rings. The summed E-state index contributed by atoms with van der Waals surface area (Å²) < 4.78 is 40.8. The smallest absolute Gasteiger partial charge is 0.264 e. The van der Waals surface area contributed by atoms with E-state index >= 15 is 0 Å². The number of ether oxygens (including phenoxy) is 2. The molecule has 0 aromatic heterocycles. The van der Waals surface area contributed by atoms with Crippen LogP contribution in [0.5, 0.6) is 11.5 Å². The molecule has 0 bridgehead atoms. The lowest BCUT2D eigenvalue weighted by Gasteiger charge is -2.34. The molecule has 5 rings (SSSR count). The van der Waals surface area contributed by atoms with Gasteiger partial charge in [-0.05, 0) is 67.3 Å². The van der Waals surface area contributed by atoms with Crippen molar-refractivity contribution in [1.82, 2.24) is 10.2 Å². The molecule has 1 aliphatic rings. The molecular formula is C38H43N3O6S. The van der Waals surface area contributed by atoms with E-state index in [1.165, 1.54) is 24.1 Å². The summed E-state index contributed by atoms with van der Waals surface area (Å²) >= 11 is 0. The number of anilines is 1. The largest absolute Gasteiger partial charge is 0.497 e. The summed E-state index contributed by atoms with van der Waals surface area (Å²) in [6, 6.07) is 29.1. The third-order valence-electron chi connectivity index (χ3n) is 8.70. The highest BCUT2D eigenvalue weighted by molar-refractivity contribution is 7.92. The first-order valence-corrected chi connectivity index (χ1v) is 17.6. The van der Waals surface area contributed by atoms with E-state index in [1.807, 2.05) is 61.5 Å². The predicted octanol–water partition coefficient (Wildman–Crippen LogP) is 5.91. The second kappa shape index (κ2) is 15.8. The fourth-order valence-corrected chi connectivity index (χ4v) is 7.50. The number of carbonyl (C=O) groups excluding carboxylic acids is 2. The number of sulfonamides is 1. The maximum atomic E-state index is 14.8. The third kappa shape index (κ3) is 8.36. The molecule has 0 aliphatic heterocycles. The third-order valence-corrected chi connectivity index (χ3v) is 10.5. The zero-order valence-electron chi connectivity index (χ0n) is 27.7. The molecule has 1 fully saturated rings. The Morgan fingerprint density at radius 1 is 0.833 bits per heavy atom. The highest BCUT2D eigenvalue weighted by atomic mass is 32.2. The Morgan fingerprint density at radius 3 is 2.19 bits per heavy atom. The van der Waals surface area contributed by atoms with Crippen LogP contribution >= 0.6 is 0 Å². The summed E-state index contributed by atoms with van der Waals surface area (Å²) in [4.78, 5) is 30.5. The number of hydrogen-bond acceptors (Lipinski definition) is 6. The normalized spacial score (nSPS) is 13.8. The minimum Gasteiger partial charge on any atom is -0.497 e. The van der Waals surface area contributed by atoms with Gasteiger partial charge in [0.15, 0.2) is 0 Å². The van der Waals surface area contributed by atoms with Crippen LogP contribution in [0, 0.1) is 6.92 Å². The van der Waals surface area contributed by atoms with Crippen LogP contribution < -0.4 is 19.1 Å². The molecule has 0 spiro atoms. The molecule has 1 atom stereocenters. The Kier molecular flexibility index (Phi) is 11.4. The Bertz CT molecular complexity index is 1790. The van der Waals surface area contributed by atoms with E-state index in [1.54, 1.807) is 43.5 Å². The van der Waals surface area contributed by atoms with E-state index in [-0.39, 0.29) is 35.5 Å². The second-order valence-corrected chi connectivity index (χ2v) is 13.9. The monoisotopic (exact) mass is 669 g/mol. The first-order valence-electron chi connectivity index (χ1n) is 16.2. The van der Waals surface area contributed by atoms with Gasteiger partial charge in [-0.1, -0.05) is 85.1 Å². The number of aryl methyl sites for hydroxylation is 1. The van der Waals surface area contributed by atoms with Gasteiger partial charge in [0.1, 0.15) is 24.1 Å². The van der Waals surface area contributed by atoms with Crippen LogP contribution in [0.3, 0.4) is 0 Å². The fraction of sp³-hybridized carbons (Fsp3) is 0.316. The minimum absolute atomic E-state index is 0.0246. The van der Waals surface area contributed by atoms with Gasteiger partial charge in [-0.3, -0.25) is 13.9 Å². The van der Waals surface area contributed by atoms with E-state index < -0.39 is 28.5 Å². The minimum atomic E-state index is -4.25. The SMILES string of the molecule is COc1cccc(CN(C(=O)CN(c2ccccc2OC)S(=O)(=O)c2ccc(C)cc2)[C@H](Cc2ccccc2)C(=O)NC2CCCC2)c1. The Morgan fingerprint density at radius 2 is 1.50 bits per heavy atom. The van der Waals surface area contributed by atoms with Crippen molar-refractivity contribution in [2.75, 3.05) is 25.1 Å². The standard InChI is InChI=1S/C38H43N3O6S/c1-28-20-22-33(23-21-28)48(44,45)41(34-18-9-10-19-36(34)47-3)27-37(42)40(26-30-14-11-17-32(24-30)46-2)35(25-29-12-5-4-6-13-29)38(43)39-31-15-7-8-16-31/h4-6,9-14,17-24,31,35H,7-8,15-16,25-27H2,1-3H3,(H,39,43)/t35-/m1/s1. The van der Waals surface area contributed by atoms with Gasteiger partial charge >= 0.3 is 0 Å². The summed E-state index contributed by atoms with van der Waals surface area (Å²) in [6.07, 6.45) is 4.07. The number of amides is 2. The van der Waals surface area contributed by atoms with Crippen LogP contribution in [-0.4, -0.2) is 58.0 Å². The molecule has 9 nitrogen and oxygen atoms in total. The molecule has 252 valence electrons. The Hall–Kier alpha value is -4.83. The average molecular weight is 670 g/mol. The van der Waals surface area contributed by atoms with Crippen LogP contribution in [0.2, 0.25) is 0 Å². The van der Waals surface area contributed by atoms with Gasteiger partial charge in [-0.25, -0.2) is 8.42 Å². The van der Waals surface area contributed by atoms with Gasteiger partial charge in [0.05, 0.1) is 24.8 Å². The second-order valence-electron chi connectivity index (χ2n) is 12.1. The molecule has 2 amide bonds. The predicted molar refractivity (Wildman–Crippen MR) is 187 cm³/mol. The number of nitrogens with one attached hydrogen (secondary N) is 1. The Labute approximate surface area is 283 Å². The lowest BCUT2D eigenvalue weighted by molar-refractivity contribution is -0.140. The van der Waals surface area contributed by atoms with Crippen molar-refractivity contribution in [3.63, 3.8) is 0 Å². The molecule has 0 radical (unpaired) electrons. The average Bonchev–Trinajstić information content (AvgIpc) is 3.62. The fourth-order valence-electron chi connectivity index (χ4n) is 6.08. The van der Waals surface area contributed by atoms with Gasteiger partial charge in [0.25, 0.3) is 10.0 Å². The molecule has 1 saturated carbocycles. The summed E-state index contributed by atoms with van der Waals surface area (Å²) in [7, 11) is -1.23. The van der Waals surface area contributed by atoms with Crippen LogP contribution in [0.15, 0.2) is 108 Å². The van der Waals surface area contributed by atoms with Crippen molar-refractivity contribution in [2.45, 2.75) is 62.6 Å². The number of methoxy groups -OCH3 is 2. The van der Waals surface area contributed by atoms with Crippen molar-refractivity contribution in [3.05, 3.63) is 120 Å². The molecule has 10 heteroatoms. The maximum Gasteiger partial charge on any atom is 0.264 e. The van der Waals surface area contributed by atoms with Crippen molar-refractivity contribution < 1.29 is 27.5 Å². The highest BCUT2D eigenvalue weighted by Crippen LogP contribution is 2.33. The number of nitrogens with zero attached hydrogens (tertiary/aromatic N) is 2. The lowest BCUT2D eigenvalue weighted by Crippen LogP contribution is -2.54. The number of carbonyl (C=O) groups is 2. The molecule has 0 unspecified atom stereocenters.